The molecule has 2 heterocycles. The molecule has 0 saturated heterocycles. The van der Waals surface area contributed by atoms with Crippen LogP contribution in [0.1, 0.15) is 55.0 Å². The fourth-order valence-electron chi connectivity index (χ4n) is 3.94. The number of fused-ring (bicyclic) bond motifs is 1. The lowest BCUT2D eigenvalue weighted by Crippen LogP contribution is -2.17. The Hall–Kier alpha value is -2.64. The second kappa shape index (κ2) is 6.76. The van der Waals surface area contributed by atoms with E-state index < -0.39 is 17.5 Å². The smallest absolute Gasteiger partial charge is 0.401 e. The predicted octanol–water partition coefficient (Wildman–Crippen LogP) is 5.19. The van der Waals surface area contributed by atoms with Crippen LogP contribution in [0.25, 0.3) is 22.5 Å². The summed E-state index contributed by atoms with van der Waals surface area (Å²) in [5, 5.41) is 4.14. The molecule has 1 fully saturated rings. The van der Waals surface area contributed by atoms with E-state index in [1.54, 1.807) is 6.07 Å². The highest BCUT2D eigenvalue weighted by atomic mass is 19.4. The van der Waals surface area contributed by atoms with Gasteiger partial charge in [-0.25, -0.2) is 9.78 Å². The van der Waals surface area contributed by atoms with Crippen molar-refractivity contribution in [2.75, 3.05) is 0 Å². The highest BCUT2D eigenvalue weighted by Crippen LogP contribution is 2.36. The SMILES string of the molecule is Cc1cc(C)c2nc(-c3cc(C(F)(F)F)nn3C3CCCCC3)oc(=O)c2c1. The second-order valence-corrected chi connectivity index (χ2v) is 7.43. The van der Waals surface area contributed by atoms with Gasteiger partial charge in [-0.05, 0) is 43.9 Å². The molecule has 0 radical (unpaired) electrons. The third-order valence-electron chi connectivity index (χ3n) is 5.23. The summed E-state index contributed by atoms with van der Waals surface area (Å²) >= 11 is 0. The number of benzene rings is 1. The van der Waals surface area contributed by atoms with Crippen molar-refractivity contribution < 1.29 is 17.6 Å². The van der Waals surface area contributed by atoms with E-state index in [0.29, 0.717) is 10.9 Å². The van der Waals surface area contributed by atoms with Gasteiger partial charge < -0.3 is 4.42 Å². The van der Waals surface area contributed by atoms with Gasteiger partial charge in [0.1, 0.15) is 5.69 Å². The summed E-state index contributed by atoms with van der Waals surface area (Å²) in [5.41, 5.74) is 0.567. The molecule has 28 heavy (non-hydrogen) atoms. The summed E-state index contributed by atoms with van der Waals surface area (Å²) in [6, 6.07) is 4.31. The van der Waals surface area contributed by atoms with E-state index in [4.69, 9.17) is 4.42 Å². The quantitative estimate of drug-likeness (QED) is 0.603. The first-order chi connectivity index (χ1) is 13.2. The van der Waals surface area contributed by atoms with Gasteiger partial charge in [-0.1, -0.05) is 25.3 Å². The fourth-order valence-corrected chi connectivity index (χ4v) is 3.94. The Labute approximate surface area is 159 Å². The maximum Gasteiger partial charge on any atom is 0.435 e. The lowest BCUT2D eigenvalue weighted by Gasteiger charge is -2.23. The van der Waals surface area contributed by atoms with Crippen molar-refractivity contribution in [2.45, 2.75) is 58.2 Å². The van der Waals surface area contributed by atoms with Crippen LogP contribution < -0.4 is 5.63 Å². The maximum absolute atomic E-state index is 13.3. The largest absolute Gasteiger partial charge is 0.435 e. The molecule has 0 atom stereocenters. The second-order valence-electron chi connectivity index (χ2n) is 7.43. The summed E-state index contributed by atoms with van der Waals surface area (Å²) in [5.74, 6) is -0.127. The monoisotopic (exact) mass is 391 g/mol. The van der Waals surface area contributed by atoms with Gasteiger partial charge in [0.2, 0.25) is 5.89 Å². The molecule has 4 rings (SSSR count). The Morgan fingerprint density at radius 2 is 1.82 bits per heavy atom. The molecule has 148 valence electrons. The third kappa shape index (κ3) is 3.31. The van der Waals surface area contributed by atoms with Gasteiger partial charge in [0.05, 0.1) is 16.9 Å². The molecule has 0 aliphatic heterocycles. The average Bonchev–Trinajstić information content (AvgIpc) is 3.09. The molecule has 0 amide bonds. The van der Waals surface area contributed by atoms with Crippen molar-refractivity contribution in [2.24, 2.45) is 0 Å². The van der Waals surface area contributed by atoms with Crippen molar-refractivity contribution in [3.05, 3.63) is 45.4 Å². The standard InChI is InChI=1S/C20H20F3N3O2/c1-11-8-12(2)17-14(9-11)19(27)28-18(24-17)15-10-16(20(21,22)23)25-26(15)13-6-4-3-5-7-13/h8-10,13H,3-7H2,1-2H3. The molecule has 0 bridgehead atoms. The van der Waals surface area contributed by atoms with Crippen molar-refractivity contribution in [1.29, 1.82) is 0 Å². The Balaban J connectivity index is 1.93. The number of hydrogen-bond donors (Lipinski definition) is 0. The number of aromatic nitrogens is 3. The Bertz CT molecular complexity index is 1090. The minimum absolute atomic E-state index is 0.0956. The number of nitrogens with zero attached hydrogens (tertiary/aromatic N) is 3. The fraction of sp³-hybridized carbons (Fsp3) is 0.450. The normalized spacial score (nSPS) is 16.0. The third-order valence-corrected chi connectivity index (χ3v) is 5.23. The lowest BCUT2D eigenvalue weighted by molar-refractivity contribution is -0.141. The molecule has 1 saturated carbocycles. The Kier molecular flexibility index (Phi) is 4.51. The van der Waals surface area contributed by atoms with Crippen molar-refractivity contribution >= 4 is 10.9 Å². The van der Waals surface area contributed by atoms with Gasteiger partial charge in [0.15, 0.2) is 5.69 Å². The van der Waals surface area contributed by atoms with Gasteiger partial charge in [-0.15, -0.1) is 0 Å². The Morgan fingerprint density at radius 3 is 2.50 bits per heavy atom. The summed E-state index contributed by atoms with van der Waals surface area (Å²) in [7, 11) is 0. The molecule has 1 aromatic carbocycles. The number of hydrogen-bond acceptors (Lipinski definition) is 4. The van der Waals surface area contributed by atoms with Crippen LogP contribution in [0.2, 0.25) is 0 Å². The van der Waals surface area contributed by atoms with Crippen LogP contribution in [0.4, 0.5) is 13.2 Å². The van der Waals surface area contributed by atoms with E-state index in [-0.39, 0.29) is 17.6 Å². The number of rotatable bonds is 2. The lowest BCUT2D eigenvalue weighted by atomic mass is 9.95. The van der Waals surface area contributed by atoms with E-state index in [1.165, 1.54) is 4.68 Å². The van der Waals surface area contributed by atoms with Crippen molar-refractivity contribution in [1.82, 2.24) is 14.8 Å². The predicted molar refractivity (Wildman–Crippen MR) is 98.1 cm³/mol. The van der Waals surface area contributed by atoms with E-state index in [2.05, 4.69) is 10.1 Å². The van der Waals surface area contributed by atoms with E-state index in [9.17, 15) is 18.0 Å². The van der Waals surface area contributed by atoms with Crippen LogP contribution in [-0.2, 0) is 6.18 Å². The summed E-state index contributed by atoms with van der Waals surface area (Å²) in [6.45, 7) is 3.67. The van der Waals surface area contributed by atoms with E-state index >= 15 is 0 Å². The number of halogens is 3. The molecule has 0 N–H and O–H groups in total. The molecule has 5 nitrogen and oxygen atoms in total. The van der Waals surface area contributed by atoms with Crippen LogP contribution in [-0.4, -0.2) is 14.8 Å². The summed E-state index contributed by atoms with van der Waals surface area (Å²) in [6.07, 6.45) is -0.193. The van der Waals surface area contributed by atoms with Crippen LogP contribution in [0.15, 0.2) is 27.4 Å². The number of aryl methyl sites for hydroxylation is 2. The Morgan fingerprint density at radius 1 is 1.11 bits per heavy atom. The van der Waals surface area contributed by atoms with Gasteiger partial charge in [-0.3, -0.25) is 4.68 Å². The summed E-state index contributed by atoms with van der Waals surface area (Å²) in [4.78, 5) is 16.9. The van der Waals surface area contributed by atoms with E-state index in [0.717, 1.165) is 49.3 Å². The van der Waals surface area contributed by atoms with Crippen LogP contribution in [0.3, 0.4) is 0 Å². The summed E-state index contributed by atoms with van der Waals surface area (Å²) < 4.78 is 46.6. The van der Waals surface area contributed by atoms with Gasteiger partial charge in [0.25, 0.3) is 0 Å². The molecule has 1 aliphatic rings. The zero-order chi connectivity index (χ0) is 20.1. The molecule has 1 aliphatic carbocycles. The first kappa shape index (κ1) is 18.7. The highest BCUT2D eigenvalue weighted by Gasteiger charge is 2.37. The molecule has 2 aromatic heterocycles. The molecular formula is C20H20F3N3O2. The first-order valence-corrected chi connectivity index (χ1v) is 9.33. The van der Waals surface area contributed by atoms with Crippen LogP contribution >= 0.6 is 0 Å². The zero-order valence-electron chi connectivity index (χ0n) is 15.6. The minimum atomic E-state index is -4.58. The average molecular weight is 391 g/mol. The van der Waals surface area contributed by atoms with Crippen molar-refractivity contribution in [3.8, 4) is 11.6 Å². The molecule has 8 heteroatoms. The molecule has 0 unspecified atom stereocenters. The first-order valence-electron chi connectivity index (χ1n) is 9.33. The van der Waals surface area contributed by atoms with Gasteiger partial charge in [0, 0.05) is 6.07 Å². The van der Waals surface area contributed by atoms with Crippen molar-refractivity contribution in [3.63, 3.8) is 0 Å². The molecular weight excluding hydrogens is 371 g/mol. The highest BCUT2D eigenvalue weighted by molar-refractivity contribution is 5.82. The van der Waals surface area contributed by atoms with E-state index in [1.807, 2.05) is 19.9 Å². The van der Waals surface area contributed by atoms with Crippen LogP contribution in [0, 0.1) is 13.8 Å². The topological polar surface area (TPSA) is 60.9 Å². The minimum Gasteiger partial charge on any atom is -0.401 e. The zero-order valence-corrected chi connectivity index (χ0v) is 15.6. The van der Waals surface area contributed by atoms with Gasteiger partial charge in [-0.2, -0.15) is 18.3 Å². The maximum atomic E-state index is 13.3. The van der Waals surface area contributed by atoms with Crippen LogP contribution in [0.5, 0.6) is 0 Å². The molecule has 0 spiro atoms. The number of alkyl halides is 3. The molecule has 3 aromatic rings. The van der Waals surface area contributed by atoms with Gasteiger partial charge >= 0.3 is 11.8 Å².